The molecule has 0 radical (unpaired) electrons. The molecule has 0 atom stereocenters. The highest BCUT2D eigenvalue weighted by Gasteiger charge is 2.12. The van der Waals surface area contributed by atoms with E-state index < -0.39 is 0 Å². The Bertz CT molecular complexity index is 520. The van der Waals surface area contributed by atoms with Crippen LogP contribution < -0.4 is 10.2 Å². The van der Waals surface area contributed by atoms with E-state index in [2.05, 4.69) is 15.2 Å². The van der Waals surface area contributed by atoms with Crippen LogP contribution in [0.3, 0.4) is 0 Å². The second-order valence-electron chi connectivity index (χ2n) is 4.72. The van der Waals surface area contributed by atoms with E-state index >= 15 is 0 Å². The molecule has 5 heteroatoms. The van der Waals surface area contributed by atoms with Crippen LogP contribution >= 0.6 is 0 Å². The van der Waals surface area contributed by atoms with Gasteiger partial charge in [0.2, 0.25) is 5.91 Å². The van der Waals surface area contributed by atoms with Crippen LogP contribution in [-0.2, 0) is 16.1 Å². The van der Waals surface area contributed by atoms with Gasteiger partial charge in [-0.3, -0.25) is 4.79 Å². The Hall–Kier alpha value is -2.14. The van der Waals surface area contributed by atoms with Crippen LogP contribution in [0.1, 0.15) is 12.5 Å². The molecule has 1 aromatic heterocycles. The molecule has 2 rings (SSSR count). The number of nitrogens with zero attached hydrogens (tertiary/aromatic N) is 2. The van der Waals surface area contributed by atoms with Gasteiger partial charge in [-0.1, -0.05) is 18.2 Å². The highest BCUT2D eigenvalue weighted by atomic mass is 16.5. The number of hydrogen-bond acceptors (Lipinski definition) is 4. The zero-order chi connectivity index (χ0) is 14.9. The minimum atomic E-state index is -0.0992. The lowest BCUT2D eigenvalue weighted by atomic mass is 10.2. The van der Waals surface area contributed by atoms with Gasteiger partial charge in [-0.25, -0.2) is 4.98 Å². The molecule has 1 aromatic rings. The predicted octanol–water partition coefficient (Wildman–Crippen LogP) is 1.67. The molecule has 0 aromatic carbocycles. The number of aromatic nitrogens is 1. The number of anilines is 1. The van der Waals surface area contributed by atoms with E-state index in [1.807, 2.05) is 31.2 Å². The van der Waals surface area contributed by atoms with E-state index in [4.69, 9.17) is 4.74 Å². The molecule has 1 aliphatic rings. The highest BCUT2D eigenvalue weighted by molar-refractivity contribution is 5.87. The SMILES string of the molecule is CC=CC=CC(=O)NCc1ccnc(N2CCOCC2)c1. The third-order valence-corrected chi connectivity index (χ3v) is 3.16. The second-order valence-corrected chi connectivity index (χ2v) is 4.72. The van der Waals surface area contributed by atoms with E-state index in [9.17, 15) is 4.79 Å². The van der Waals surface area contributed by atoms with E-state index in [-0.39, 0.29) is 5.91 Å². The summed E-state index contributed by atoms with van der Waals surface area (Å²) >= 11 is 0. The van der Waals surface area contributed by atoms with Crippen molar-refractivity contribution in [2.24, 2.45) is 0 Å². The van der Waals surface area contributed by atoms with Crippen molar-refractivity contribution in [1.82, 2.24) is 10.3 Å². The Morgan fingerprint density at radius 2 is 2.24 bits per heavy atom. The molecule has 0 spiro atoms. The Balaban J connectivity index is 1.90. The maximum Gasteiger partial charge on any atom is 0.244 e. The van der Waals surface area contributed by atoms with Gasteiger partial charge < -0.3 is 15.0 Å². The molecule has 0 bridgehead atoms. The summed E-state index contributed by atoms with van der Waals surface area (Å²) in [6, 6.07) is 3.93. The highest BCUT2D eigenvalue weighted by Crippen LogP contribution is 2.14. The van der Waals surface area contributed by atoms with Gasteiger partial charge in [-0.15, -0.1) is 0 Å². The summed E-state index contributed by atoms with van der Waals surface area (Å²) < 4.78 is 5.34. The van der Waals surface area contributed by atoms with Crippen LogP contribution in [0.5, 0.6) is 0 Å². The number of nitrogens with one attached hydrogen (secondary N) is 1. The molecule has 1 N–H and O–H groups in total. The number of pyridine rings is 1. The predicted molar refractivity (Wildman–Crippen MR) is 83.1 cm³/mol. The van der Waals surface area contributed by atoms with Gasteiger partial charge in [0.1, 0.15) is 5.82 Å². The van der Waals surface area contributed by atoms with Gasteiger partial charge in [0.05, 0.1) is 13.2 Å². The summed E-state index contributed by atoms with van der Waals surface area (Å²) in [6.45, 7) is 5.59. The first-order valence-electron chi connectivity index (χ1n) is 7.14. The minimum absolute atomic E-state index is 0.0992. The average Bonchev–Trinajstić information content (AvgIpc) is 2.54. The number of amides is 1. The van der Waals surface area contributed by atoms with Crippen molar-refractivity contribution in [3.05, 3.63) is 48.2 Å². The van der Waals surface area contributed by atoms with Crippen LogP contribution in [-0.4, -0.2) is 37.2 Å². The molecule has 0 aliphatic carbocycles. The number of carbonyl (C=O) groups is 1. The topological polar surface area (TPSA) is 54.5 Å². The molecule has 1 aliphatic heterocycles. The van der Waals surface area contributed by atoms with Crippen molar-refractivity contribution in [2.75, 3.05) is 31.2 Å². The second kappa shape index (κ2) is 8.21. The molecule has 1 fully saturated rings. The Morgan fingerprint density at radius 3 is 3.00 bits per heavy atom. The average molecular weight is 287 g/mol. The minimum Gasteiger partial charge on any atom is -0.378 e. The molecule has 112 valence electrons. The molecular formula is C16H21N3O2. The first kappa shape index (κ1) is 15.3. The van der Waals surface area contributed by atoms with Crippen molar-refractivity contribution >= 4 is 11.7 Å². The van der Waals surface area contributed by atoms with Crippen LogP contribution in [0, 0.1) is 0 Å². The lowest BCUT2D eigenvalue weighted by Gasteiger charge is -2.28. The van der Waals surface area contributed by atoms with Gasteiger partial charge in [0, 0.05) is 31.9 Å². The number of allylic oxidation sites excluding steroid dienone is 3. The zero-order valence-electron chi connectivity index (χ0n) is 12.3. The maximum atomic E-state index is 11.6. The number of carbonyl (C=O) groups excluding carboxylic acids is 1. The summed E-state index contributed by atoms with van der Waals surface area (Å²) in [4.78, 5) is 18.2. The van der Waals surface area contributed by atoms with Gasteiger partial charge >= 0.3 is 0 Å². The van der Waals surface area contributed by atoms with Crippen molar-refractivity contribution in [1.29, 1.82) is 0 Å². The van der Waals surface area contributed by atoms with Gasteiger partial charge in [0.15, 0.2) is 0 Å². The standard InChI is InChI=1S/C16H21N3O2/c1-2-3-4-5-16(20)18-13-14-6-7-17-15(12-14)19-8-10-21-11-9-19/h2-7,12H,8-11,13H2,1H3,(H,18,20). The maximum absolute atomic E-state index is 11.6. The lowest BCUT2D eigenvalue weighted by Crippen LogP contribution is -2.36. The Labute approximate surface area is 125 Å². The summed E-state index contributed by atoms with van der Waals surface area (Å²) in [5.41, 5.74) is 1.04. The number of morpholine rings is 1. The number of rotatable bonds is 5. The Morgan fingerprint density at radius 1 is 1.43 bits per heavy atom. The van der Waals surface area contributed by atoms with Crippen LogP contribution in [0.25, 0.3) is 0 Å². The third-order valence-electron chi connectivity index (χ3n) is 3.16. The molecule has 1 saturated heterocycles. The largest absolute Gasteiger partial charge is 0.378 e. The summed E-state index contributed by atoms with van der Waals surface area (Å²) in [5.74, 6) is 0.840. The van der Waals surface area contributed by atoms with Crippen LogP contribution in [0.4, 0.5) is 5.82 Å². The van der Waals surface area contributed by atoms with E-state index in [0.717, 1.165) is 37.7 Å². The van der Waals surface area contributed by atoms with Crippen molar-refractivity contribution < 1.29 is 9.53 Å². The normalized spacial score (nSPS) is 15.8. The van der Waals surface area contributed by atoms with Crippen molar-refractivity contribution in [2.45, 2.75) is 13.5 Å². The number of ether oxygens (including phenoxy) is 1. The molecule has 1 amide bonds. The first-order chi connectivity index (χ1) is 10.3. The van der Waals surface area contributed by atoms with E-state index in [1.54, 1.807) is 12.3 Å². The van der Waals surface area contributed by atoms with Crippen molar-refractivity contribution in [3.63, 3.8) is 0 Å². The fourth-order valence-corrected chi connectivity index (χ4v) is 2.04. The molecule has 21 heavy (non-hydrogen) atoms. The van der Waals surface area contributed by atoms with Gasteiger partial charge in [-0.05, 0) is 24.6 Å². The van der Waals surface area contributed by atoms with Crippen LogP contribution in [0.15, 0.2) is 42.6 Å². The smallest absolute Gasteiger partial charge is 0.244 e. The summed E-state index contributed by atoms with van der Waals surface area (Å²) in [7, 11) is 0. The molecular weight excluding hydrogens is 266 g/mol. The van der Waals surface area contributed by atoms with E-state index in [0.29, 0.717) is 6.54 Å². The Kier molecular flexibility index (Phi) is 5.97. The van der Waals surface area contributed by atoms with Crippen molar-refractivity contribution in [3.8, 4) is 0 Å². The summed E-state index contributed by atoms with van der Waals surface area (Å²) in [6.07, 6.45) is 8.72. The zero-order valence-corrected chi connectivity index (χ0v) is 12.3. The van der Waals surface area contributed by atoms with Crippen LogP contribution in [0.2, 0.25) is 0 Å². The van der Waals surface area contributed by atoms with E-state index in [1.165, 1.54) is 6.08 Å². The number of hydrogen-bond donors (Lipinski definition) is 1. The first-order valence-corrected chi connectivity index (χ1v) is 7.14. The monoisotopic (exact) mass is 287 g/mol. The molecule has 5 nitrogen and oxygen atoms in total. The lowest BCUT2D eigenvalue weighted by molar-refractivity contribution is -0.116. The molecule has 2 heterocycles. The quantitative estimate of drug-likeness (QED) is 0.661. The summed E-state index contributed by atoms with van der Waals surface area (Å²) in [5, 5.41) is 2.86. The van der Waals surface area contributed by atoms with Gasteiger partial charge in [-0.2, -0.15) is 0 Å². The van der Waals surface area contributed by atoms with Gasteiger partial charge in [0.25, 0.3) is 0 Å². The molecule has 0 unspecified atom stereocenters. The third kappa shape index (κ3) is 5.04. The fraction of sp³-hybridized carbons (Fsp3) is 0.375. The molecule has 0 saturated carbocycles. The fourth-order valence-electron chi connectivity index (χ4n) is 2.04.